The predicted octanol–water partition coefficient (Wildman–Crippen LogP) is 2.61. The largest absolute Gasteiger partial charge is 0.338 e. The summed E-state index contributed by atoms with van der Waals surface area (Å²) in [6.45, 7) is 5.42. The highest BCUT2D eigenvalue weighted by Crippen LogP contribution is 2.31. The average molecular weight is 315 g/mol. The van der Waals surface area contributed by atoms with Crippen LogP contribution in [0.1, 0.15) is 30.6 Å². The lowest BCUT2D eigenvalue weighted by Crippen LogP contribution is -2.33. The minimum Gasteiger partial charge on any atom is -0.338 e. The standard InChI is InChI=1S/C14H19F2N3OS/c1-14(2)3-4-19(5-6-21-14)13(20)9-7-10(15)12(18-17)11(16)8-9/h7-8,18H,3-6,17H2,1-2H3. The van der Waals surface area contributed by atoms with Gasteiger partial charge >= 0.3 is 0 Å². The first-order chi connectivity index (χ1) is 9.84. The minimum atomic E-state index is -0.870. The van der Waals surface area contributed by atoms with E-state index in [9.17, 15) is 13.6 Å². The van der Waals surface area contributed by atoms with Crippen molar-refractivity contribution in [2.45, 2.75) is 25.0 Å². The number of nitrogens with one attached hydrogen (secondary N) is 1. The summed E-state index contributed by atoms with van der Waals surface area (Å²) in [5, 5.41) is 0. The Bertz CT molecular complexity index is 528. The summed E-state index contributed by atoms with van der Waals surface area (Å²) in [5.41, 5.74) is 1.53. The van der Waals surface area contributed by atoms with Crippen molar-refractivity contribution >= 4 is 23.4 Å². The number of nitrogens with two attached hydrogens (primary N) is 1. The van der Waals surface area contributed by atoms with Gasteiger partial charge in [0.05, 0.1) is 0 Å². The molecular formula is C14H19F2N3OS. The molecule has 1 aromatic rings. The molecule has 1 aliphatic rings. The summed E-state index contributed by atoms with van der Waals surface area (Å²) < 4.78 is 27.5. The van der Waals surface area contributed by atoms with Gasteiger partial charge in [0.15, 0.2) is 11.6 Å². The van der Waals surface area contributed by atoms with Crippen LogP contribution < -0.4 is 11.3 Å². The Morgan fingerprint density at radius 3 is 2.52 bits per heavy atom. The highest BCUT2D eigenvalue weighted by molar-refractivity contribution is 8.00. The summed E-state index contributed by atoms with van der Waals surface area (Å²) in [4.78, 5) is 14.0. The second-order valence-electron chi connectivity index (χ2n) is 5.61. The number of hydrogen-bond donors (Lipinski definition) is 2. The van der Waals surface area contributed by atoms with Crippen LogP contribution in [0.25, 0.3) is 0 Å². The van der Waals surface area contributed by atoms with Gasteiger partial charge in [0.2, 0.25) is 0 Å². The number of anilines is 1. The first kappa shape index (κ1) is 16.0. The molecule has 0 bridgehead atoms. The van der Waals surface area contributed by atoms with Crippen molar-refractivity contribution in [1.82, 2.24) is 4.90 Å². The van der Waals surface area contributed by atoms with Crippen LogP contribution in [0, 0.1) is 11.6 Å². The molecular weight excluding hydrogens is 296 g/mol. The zero-order valence-electron chi connectivity index (χ0n) is 12.1. The van der Waals surface area contributed by atoms with Crippen LogP contribution in [-0.4, -0.2) is 34.4 Å². The van der Waals surface area contributed by atoms with Crippen LogP contribution in [-0.2, 0) is 0 Å². The number of amides is 1. The lowest BCUT2D eigenvalue weighted by Gasteiger charge is -2.23. The maximum Gasteiger partial charge on any atom is 0.254 e. The van der Waals surface area contributed by atoms with E-state index in [4.69, 9.17) is 5.84 Å². The van der Waals surface area contributed by atoms with Gasteiger partial charge in [-0.2, -0.15) is 11.8 Å². The SMILES string of the molecule is CC1(C)CCN(C(=O)c2cc(F)c(NN)c(F)c2)CCS1. The Morgan fingerprint density at radius 1 is 1.33 bits per heavy atom. The fourth-order valence-corrected chi connectivity index (χ4v) is 3.34. The second-order valence-corrected chi connectivity index (χ2v) is 7.41. The maximum atomic E-state index is 13.7. The molecule has 3 N–H and O–H groups in total. The quantitative estimate of drug-likeness (QED) is 0.650. The Balaban J connectivity index is 2.20. The van der Waals surface area contributed by atoms with Crippen LogP contribution in [0.4, 0.5) is 14.5 Å². The molecule has 0 atom stereocenters. The number of halogens is 2. The van der Waals surface area contributed by atoms with Gasteiger partial charge in [0.1, 0.15) is 5.69 Å². The monoisotopic (exact) mass is 315 g/mol. The third kappa shape index (κ3) is 3.65. The van der Waals surface area contributed by atoms with Crippen molar-refractivity contribution in [1.29, 1.82) is 0 Å². The van der Waals surface area contributed by atoms with Crippen molar-refractivity contribution in [2.75, 3.05) is 24.3 Å². The summed E-state index contributed by atoms with van der Waals surface area (Å²) in [7, 11) is 0. The number of nitrogen functional groups attached to an aromatic ring is 1. The summed E-state index contributed by atoms with van der Waals surface area (Å²) in [5.74, 6) is 3.76. The van der Waals surface area contributed by atoms with Crippen molar-refractivity contribution in [2.24, 2.45) is 5.84 Å². The molecule has 1 aromatic carbocycles. The first-order valence-corrected chi connectivity index (χ1v) is 7.71. The van der Waals surface area contributed by atoms with Crippen molar-refractivity contribution < 1.29 is 13.6 Å². The average Bonchev–Trinajstić information content (AvgIpc) is 2.58. The highest BCUT2D eigenvalue weighted by Gasteiger charge is 2.27. The number of hydrogen-bond acceptors (Lipinski definition) is 4. The summed E-state index contributed by atoms with van der Waals surface area (Å²) >= 11 is 1.80. The van der Waals surface area contributed by atoms with E-state index in [2.05, 4.69) is 13.8 Å². The molecule has 0 unspecified atom stereocenters. The smallest absolute Gasteiger partial charge is 0.254 e. The molecule has 1 amide bonds. The normalized spacial score (nSPS) is 18.2. The van der Waals surface area contributed by atoms with Gasteiger partial charge in [-0.15, -0.1) is 0 Å². The van der Waals surface area contributed by atoms with Crippen molar-refractivity contribution in [3.8, 4) is 0 Å². The number of hydrazine groups is 1. The topological polar surface area (TPSA) is 58.4 Å². The molecule has 0 radical (unpaired) electrons. The van der Waals surface area contributed by atoms with Crippen LogP contribution >= 0.6 is 11.8 Å². The van der Waals surface area contributed by atoms with Gasteiger partial charge < -0.3 is 10.3 Å². The van der Waals surface area contributed by atoms with Gasteiger partial charge in [-0.05, 0) is 18.6 Å². The Labute approximate surface area is 127 Å². The Kier molecular flexibility index (Phi) is 4.73. The zero-order chi connectivity index (χ0) is 15.6. The van der Waals surface area contributed by atoms with E-state index in [0.29, 0.717) is 13.1 Å². The summed E-state index contributed by atoms with van der Waals surface area (Å²) in [6, 6.07) is 2.04. The molecule has 0 spiro atoms. The Hall–Kier alpha value is -1.34. The molecule has 0 aliphatic carbocycles. The molecule has 1 heterocycles. The fraction of sp³-hybridized carbons (Fsp3) is 0.500. The van der Waals surface area contributed by atoms with Gasteiger partial charge in [-0.3, -0.25) is 10.6 Å². The minimum absolute atomic E-state index is 0.00806. The van der Waals surface area contributed by atoms with E-state index in [1.165, 1.54) is 0 Å². The van der Waals surface area contributed by atoms with E-state index >= 15 is 0 Å². The van der Waals surface area contributed by atoms with Crippen molar-refractivity contribution in [3.63, 3.8) is 0 Å². The molecule has 0 saturated carbocycles. The van der Waals surface area contributed by atoms with Crippen LogP contribution in [0.5, 0.6) is 0 Å². The number of benzene rings is 1. The molecule has 4 nitrogen and oxygen atoms in total. The molecule has 1 aliphatic heterocycles. The van der Waals surface area contributed by atoms with E-state index in [-0.39, 0.29) is 16.2 Å². The number of nitrogens with zero attached hydrogens (tertiary/aromatic N) is 1. The Morgan fingerprint density at radius 2 is 1.95 bits per heavy atom. The van der Waals surface area contributed by atoms with Crippen LogP contribution in [0.3, 0.4) is 0 Å². The third-order valence-electron chi connectivity index (χ3n) is 3.56. The van der Waals surface area contributed by atoms with E-state index < -0.39 is 17.3 Å². The molecule has 21 heavy (non-hydrogen) atoms. The van der Waals surface area contributed by atoms with E-state index in [1.54, 1.807) is 16.7 Å². The maximum absolute atomic E-state index is 13.7. The second kappa shape index (κ2) is 6.19. The zero-order valence-corrected chi connectivity index (χ0v) is 12.9. The van der Waals surface area contributed by atoms with E-state index in [1.807, 2.05) is 5.43 Å². The number of rotatable bonds is 2. The third-order valence-corrected chi connectivity index (χ3v) is 4.93. The fourth-order valence-electron chi connectivity index (χ4n) is 2.24. The summed E-state index contributed by atoms with van der Waals surface area (Å²) in [6.07, 6.45) is 0.844. The highest BCUT2D eigenvalue weighted by atomic mass is 32.2. The molecule has 1 fully saturated rings. The first-order valence-electron chi connectivity index (χ1n) is 6.73. The van der Waals surface area contributed by atoms with Gasteiger partial charge in [0.25, 0.3) is 5.91 Å². The van der Waals surface area contributed by atoms with Crippen molar-refractivity contribution in [3.05, 3.63) is 29.3 Å². The van der Waals surface area contributed by atoms with Crippen LogP contribution in [0.15, 0.2) is 12.1 Å². The lowest BCUT2D eigenvalue weighted by molar-refractivity contribution is 0.0763. The molecule has 1 saturated heterocycles. The molecule has 2 rings (SSSR count). The molecule has 7 heteroatoms. The lowest BCUT2D eigenvalue weighted by atomic mass is 10.1. The van der Waals surface area contributed by atoms with Gasteiger partial charge in [-0.25, -0.2) is 8.78 Å². The van der Waals surface area contributed by atoms with E-state index in [0.717, 1.165) is 24.3 Å². The predicted molar refractivity (Wildman–Crippen MR) is 81.2 cm³/mol. The molecule has 0 aromatic heterocycles. The molecule has 116 valence electrons. The van der Waals surface area contributed by atoms with Gasteiger partial charge in [0, 0.05) is 29.2 Å². The number of carbonyl (C=O) groups is 1. The van der Waals surface area contributed by atoms with Gasteiger partial charge in [-0.1, -0.05) is 13.8 Å². The van der Waals surface area contributed by atoms with Crippen LogP contribution in [0.2, 0.25) is 0 Å². The number of thioether (sulfide) groups is 1. The number of carbonyl (C=O) groups excluding carboxylic acids is 1.